The van der Waals surface area contributed by atoms with Crippen LogP contribution in [-0.2, 0) is 6.42 Å². The van der Waals surface area contributed by atoms with Crippen LogP contribution >= 0.6 is 11.3 Å². The van der Waals surface area contributed by atoms with Crippen LogP contribution < -0.4 is 5.32 Å². The Labute approximate surface area is 151 Å². The number of amides is 1. The average molecular weight is 370 g/mol. The molecule has 2 aromatic carbocycles. The van der Waals surface area contributed by atoms with Gasteiger partial charge in [0.1, 0.15) is 23.5 Å². The van der Waals surface area contributed by atoms with Crippen LogP contribution in [0.15, 0.2) is 59.3 Å². The number of nitrogens with zero attached hydrogens (tertiary/aromatic N) is 1. The first kappa shape index (κ1) is 16.4. The van der Waals surface area contributed by atoms with E-state index in [-0.39, 0.29) is 16.8 Å². The molecule has 130 valence electrons. The third kappa shape index (κ3) is 3.21. The molecule has 0 bridgehead atoms. The van der Waals surface area contributed by atoms with Gasteiger partial charge < -0.3 is 4.42 Å². The van der Waals surface area contributed by atoms with Crippen LogP contribution in [0.2, 0.25) is 0 Å². The molecule has 0 unspecified atom stereocenters. The summed E-state index contributed by atoms with van der Waals surface area (Å²) < 4.78 is 32.2. The standard InChI is InChI=1S/C19H12F2N2O2S/c20-12-6-4-11(5-7-12)8-13-9-22-19(26-13)23-18(24)14-10-25-16-3-1-2-15(21)17(14)16/h1-7,9-10H,8H2,(H,22,23,24). The molecule has 0 saturated carbocycles. The molecule has 0 saturated heterocycles. The fourth-order valence-electron chi connectivity index (χ4n) is 2.63. The van der Waals surface area contributed by atoms with Gasteiger partial charge in [0.2, 0.25) is 0 Å². The van der Waals surface area contributed by atoms with E-state index in [1.54, 1.807) is 24.4 Å². The van der Waals surface area contributed by atoms with E-state index in [0.717, 1.165) is 10.4 Å². The minimum Gasteiger partial charge on any atom is -0.463 e. The van der Waals surface area contributed by atoms with E-state index in [2.05, 4.69) is 10.3 Å². The van der Waals surface area contributed by atoms with Crippen molar-refractivity contribution in [1.82, 2.24) is 4.98 Å². The van der Waals surface area contributed by atoms with Crippen LogP contribution in [0.1, 0.15) is 20.8 Å². The Morgan fingerprint density at radius 2 is 1.96 bits per heavy atom. The quantitative estimate of drug-likeness (QED) is 0.549. The second-order valence-corrected chi connectivity index (χ2v) is 6.77. The van der Waals surface area contributed by atoms with Crippen molar-refractivity contribution in [1.29, 1.82) is 0 Å². The van der Waals surface area contributed by atoms with E-state index >= 15 is 0 Å². The van der Waals surface area contributed by atoms with Gasteiger partial charge in [-0.1, -0.05) is 18.2 Å². The number of benzene rings is 2. The molecule has 0 spiro atoms. The zero-order chi connectivity index (χ0) is 18.1. The number of hydrogen-bond acceptors (Lipinski definition) is 4. The van der Waals surface area contributed by atoms with Crippen molar-refractivity contribution in [2.24, 2.45) is 0 Å². The number of anilines is 1. The number of carbonyl (C=O) groups is 1. The summed E-state index contributed by atoms with van der Waals surface area (Å²) in [4.78, 5) is 17.5. The van der Waals surface area contributed by atoms with E-state index in [1.165, 1.54) is 41.9 Å². The Morgan fingerprint density at radius 1 is 1.15 bits per heavy atom. The molecule has 2 aromatic heterocycles. The number of halogens is 2. The number of hydrogen-bond donors (Lipinski definition) is 1. The monoisotopic (exact) mass is 370 g/mol. The van der Waals surface area contributed by atoms with Crippen molar-refractivity contribution >= 4 is 33.3 Å². The molecular weight excluding hydrogens is 358 g/mol. The minimum atomic E-state index is -0.516. The Hall–Kier alpha value is -3.06. The first-order valence-electron chi connectivity index (χ1n) is 7.76. The van der Waals surface area contributed by atoms with E-state index in [0.29, 0.717) is 17.1 Å². The van der Waals surface area contributed by atoms with Gasteiger partial charge in [-0.2, -0.15) is 0 Å². The number of furan rings is 1. The molecule has 0 fully saturated rings. The van der Waals surface area contributed by atoms with E-state index < -0.39 is 11.7 Å². The fourth-order valence-corrected chi connectivity index (χ4v) is 3.47. The van der Waals surface area contributed by atoms with Crippen molar-refractivity contribution in [3.8, 4) is 0 Å². The third-order valence-corrected chi connectivity index (χ3v) is 4.77. The van der Waals surface area contributed by atoms with Crippen LogP contribution in [0.3, 0.4) is 0 Å². The molecule has 0 aliphatic carbocycles. The van der Waals surface area contributed by atoms with Crippen LogP contribution in [0.25, 0.3) is 11.0 Å². The minimum absolute atomic E-state index is 0.119. The van der Waals surface area contributed by atoms with E-state index in [9.17, 15) is 13.6 Å². The van der Waals surface area contributed by atoms with Gasteiger partial charge in [-0.3, -0.25) is 10.1 Å². The lowest BCUT2D eigenvalue weighted by Crippen LogP contribution is -2.11. The summed E-state index contributed by atoms with van der Waals surface area (Å²) in [5.41, 5.74) is 1.37. The first-order valence-corrected chi connectivity index (χ1v) is 8.58. The first-order chi connectivity index (χ1) is 12.6. The summed E-state index contributed by atoms with van der Waals surface area (Å²) in [6.07, 6.45) is 3.46. The molecule has 2 heterocycles. The highest BCUT2D eigenvalue weighted by atomic mass is 32.1. The van der Waals surface area contributed by atoms with Crippen LogP contribution in [0.5, 0.6) is 0 Å². The number of nitrogens with one attached hydrogen (secondary N) is 1. The Morgan fingerprint density at radius 3 is 2.77 bits per heavy atom. The average Bonchev–Trinajstić information content (AvgIpc) is 3.24. The van der Waals surface area contributed by atoms with Gasteiger partial charge in [0.25, 0.3) is 5.91 Å². The molecule has 0 aliphatic heterocycles. The molecule has 0 aliphatic rings. The van der Waals surface area contributed by atoms with Crippen LogP contribution in [0, 0.1) is 11.6 Å². The maximum Gasteiger partial charge on any atom is 0.261 e. The van der Waals surface area contributed by atoms with Gasteiger partial charge in [0.05, 0.1) is 10.9 Å². The maximum atomic E-state index is 14.0. The topological polar surface area (TPSA) is 55.1 Å². The number of aromatic nitrogens is 1. The molecule has 1 amide bonds. The smallest absolute Gasteiger partial charge is 0.261 e. The van der Waals surface area contributed by atoms with E-state index in [4.69, 9.17) is 4.42 Å². The van der Waals surface area contributed by atoms with Crippen molar-refractivity contribution in [3.05, 3.63) is 82.6 Å². The van der Waals surface area contributed by atoms with Crippen LogP contribution in [-0.4, -0.2) is 10.9 Å². The summed E-state index contributed by atoms with van der Waals surface area (Å²) in [6, 6.07) is 10.6. The molecule has 4 aromatic rings. The number of rotatable bonds is 4. The van der Waals surface area contributed by atoms with Gasteiger partial charge in [-0.15, -0.1) is 11.3 Å². The lowest BCUT2D eigenvalue weighted by atomic mass is 10.1. The molecule has 26 heavy (non-hydrogen) atoms. The summed E-state index contributed by atoms with van der Waals surface area (Å²) >= 11 is 1.31. The SMILES string of the molecule is O=C(Nc1ncc(Cc2ccc(F)cc2)s1)c1coc2cccc(F)c12. The zero-order valence-electron chi connectivity index (χ0n) is 13.3. The highest BCUT2D eigenvalue weighted by Gasteiger charge is 2.18. The number of carbonyl (C=O) groups excluding carboxylic acids is 1. The van der Waals surface area contributed by atoms with Gasteiger partial charge in [-0.05, 0) is 29.8 Å². The van der Waals surface area contributed by atoms with Gasteiger partial charge in [0, 0.05) is 17.5 Å². The molecule has 0 atom stereocenters. The highest BCUT2D eigenvalue weighted by Crippen LogP contribution is 2.26. The fraction of sp³-hybridized carbons (Fsp3) is 0.0526. The summed E-state index contributed by atoms with van der Waals surface area (Å²) in [5, 5.41) is 3.21. The highest BCUT2D eigenvalue weighted by molar-refractivity contribution is 7.15. The Bertz CT molecular complexity index is 1090. The van der Waals surface area contributed by atoms with Crippen molar-refractivity contribution < 1.29 is 18.0 Å². The largest absolute Gasteiger partial charge is 0.463 e. The second-order valence-electron chi connectivity index (χ2n) is 5.65. The molecule has 7 heteroatoms. The molecule has 1 N–H and O–H groups in total. The van der Waals surface area contributed by atoms with Gasteiger partial charge in [0.15, 0.2) is 5.13 Å². The predicted octanol–water partition coefficient (Wildman–Crippen LogP) is 5.01. The van der Waals surface area contributed by atoms with Crippen molar-refractivity contribution in [2.45, 2.75) is 6.42 Å². The van der Waals surface area contributed by atoms with Crippen molar-refractivity contribution in [3.63, 3.8) is 0 Å². The van der Waals surface area contributed by atoms with Crippen LogP contribution in [0.4, 0.5) is 13.9 Å². The number of fused-ring (bicyclic) bond motifs is 1. The van der Waals surface area contributed by atoms with Gasteiger partial charge >= 0.3 is 0 Å². The molecule has 4 nitrogen and oxygen atoms in total. The predicted molar refractivity (Wildman–Crippen MR) is 95.4 cm³/mol. The van der Waals surface area contributed by atoms with E-state index in [1.807, 2.05) is 0 Å². The summed E-state index contributed by atoms with van der Waals surface area (Å²) in [7, 11) is 0. The zero-order valence-corrected chi connectivity index (χ0v) is 14.1. The summed E-state index contributed by atoms with van der Waals surface area (Å²) in [6.45, 7) is 0. The normalized spacial score (nSPS) is 11.0. The lowest BCUT2D eigenvalue weighted by Gasteiger charge is -2.00. The maximum absolute atomic E-state index is 14.0. The van der Waals surface area contributed by atoms with Crippen molar-refractivity contribution in [2.75, 3.05) is 5.32 Å². The summed E-state index contributed by atoms with van der Waals surface area (Å²) in [5.74, 6) is -1.29. The third-order valence-electron chi connectivity index (χ3n) is 3.86. The Kier molecular flexibility index (Phi) is 4.22. The second kappa shape index (κ2) is 6.68. The molecule has 4 rings (SSSR count). The molecule has 0 radical (unpaired) electrons. The number of thiazole rings is 1. The van der Waals surface area contributed by atoms with Gasteiger partial charge in [-0.25, -0.2) is 13.8 Å². The molecular formula is C19H12F2N2O2S. The Balaban J connectivity index is 1.51. The lowest BCUT2D eigenvalue weighted by molar-refractivity contribution is 0.102.